The first-order valence-electron chi connectivity index (χ1n) is 5.22. The van der Waals surface area contributed by atoms with E-state index in [1.165, 1.54) is 24.2 Å². The van der Waals surface area contributed by atoms with Gasteiger partial charge in [-0.05, 0) is 30.1 Å². The third kappa shape index (κ3) is 2.91. The molecule has 0 spiro atoms. The molecule has 1 aromatic carbocycles. The van der Waals surface area contributed by atoms with Gasteiger partial charge >= 0.3 is 0 Å². The zero-order chi connectivity index (χ0) is 9.64. The lowest BCUT2D eigenvalue weighted by Crippen LogP contribution is -1.97. The van der Waals surface area contributed by atoms with Crippen LogP contribution in [0.5, 0.6) is 0 Å². The fourth-order valence-corrected chi connectivity index (χ4v) is 2.88. The summed E-state index contributed by atoms with van der Waals surface area (Å²) in [6.45, 7) is 0. The molecule has 0 atom stereocenters. The topological polar surface area (TPSA) is 0 Å². The van der Waals surface area contributed by atoms with E-state index in [4.69, 9.17) is 0 Å². The molecule has 1 aromatic rings. The van der Waals surface area contributed by atoms with Gasteiger partial charge in [-0.25, -0.2) is 0 Å². The monoisotopic (exact) mass is 204 g/mol. The molecule has 0 saturated heterocycles. The van der Waals surface area contributed by atoms with E-state index in [0.29, 0.717) is 0 Å². The number of rotatable bonds is 4. The van der Waals surface area contributed by atoms with E-state index in [1.54, 1.807) is 0 Å². The van der Waals surface area contributed by atoms with Crippen LogP contribution in [-0.4, -0.2) is 5.75 Å². The maximum atomic E-state index is 2.31. The zero-order valence-electron chi connectivity index (χ0n) is 8.36. The molecule has 0 N–H and O–H groups in total. The highest BCUT2D eigenvalue weighted by Gasteiger charge is 2.09. The molecule has 0 aromatic heterocycles. The number of thioether (sulfide) groups is 1. The van der Waals surface area contributed by atoms with Crippen LogP contribution in [0.3, 0.4) is 0 Å². The van der Waals surface area contributed by atoms with E-state index >= 15 is 0 Å². The summed E-state index contributed by atoms with van der Waals surface area (Å²) in [5.74, 6) is 3.38. The molecular formula is C13H16S. The average molecular weight is 204 g/mol. The molecule has 1 heteroatoms. The fourth-order valence-electron chi connectivity index (χ4n) is 1.73. The molecule has 0 radical (unpaired) electrons. The predicted molar refractivity (Wildman–Crippen MR) is 64.5 cm³/mol. The van der Waals surface area contributed by atoms with Gasteiger partial charge in [0.05, 0.1) is 0 Å². The van der Waals surface area contributed by atoms with Crippen molar-refractivity contribution >= 4 is 11.8 Å². The molecule has 0 bridgehead atoms. The van der Waals surface area contributed by atoms with Crippen molar-refractivity contribution in [2.75, 3.05) is 5.75 Å². The Morgan fingerprint density at radius 2 is 1.79 bits per heavy atom. The predicted octanol–water partition coefficient (Wildman–Crippen LogP) is 3.89. The van der Waals surface area contributed by atoms with Crippen molar-refractivity contribution in [3.63, 3.8) is 0 Å². The van der Waals surface area contributed by atoms with Crippen molar-refractivity contribution in [1.82, 2.24) is 0 Å². The molecule has 0 nitrogen and oxygen atoms in total. The van der Waals surface area contributed by atoms with Gasteiger partial charge in [0.15, 0.2) is 0 Å². The zero-order valence-corrected chi connectivity index (χ0v) is 9.17. The van der Waals surface area contributed by atoms with E-state index in [9.17, 15) is 0 Å². The highest BCUT2D eigenvalue weighted by Crippen LogP contribution is 2.24. The van der Waals surface area contributed by atoms with Gasteiger partial charge in [0, 0.05) is 5.75 Å². The molecule has 74 valence electrons. The number of benzene rings is 1. The SMILES string of the molecule is C1=CCC(CSCc2ccccc2)C1. The van der Waals surface area contributed by atoms with E-state index in [1.807, 2.05) is 0 Å². The molecule has 0 unspecified atom stereocenters. The Balaban J connectivity index is 1.68. The van der Waals surface area contributed by atoms with Crippen LogP contribution in [0, 0.1) is 5.92 Å². The summed E-state index contributed by atoms with van der Waals surface area (Å²) in [5, 5.41) is 0. The Hall–Kier alpha value is -0.690. The van der Waals surface area contributed by atoms with Gasteiger partial charge in [0.25, 0.3) is 0 Å². The summed E-state index contributed by atoms with van der Waals surface area (Å²) in [6.07, 6.45) is 7.21. The summed E-state index contributed by atoms with van der Waals surface area (Å²) >= 11 is 2.06. The number of allylic oxidation sites excluding steroid dienone is 2. The lowest BCUT2D eigenvalue weighted by molar-refractivity contribution is 0.649. The maximum Gasteiger partial charge on any atom is 0.0184 e. The lowest BCUT2D eigenvalue weighted by atomic mass is 10.1. The smallest absolute Gasteiger partial charge is 0.0184 e. The standard InChI is InChI=1S/C13H16S/c1-2-6-12(7-3-1)10-14-11-13-8-4-5-9-13/h1-7,13H,8-11H2. The molecule has 2 rings (SSSR count). The molecule has 0 amide bonds. The second kappa shape index (κ2) is 5.26. The highest BCUT2D eigenvalue weighted by molar-refractivity contribution is 7.98. The first-order valence-corrected chi connectivity index (χ1v) is 6.37. The second-order valence-corrected chi connectivity index (χ2v) is 4.84. The number of hydrogen-bond acceptors (Lipinski definition) is 1. The summed E-state index contributed by atoms with van der Waals surface area (Å²) < 4.78 is 0. The molecule has 0 aliphatic heterocycles. The van der Waals surface area contributed by atoms with E-state index in [0.717, 1.165) is 11.7 Å². The van der Waals surface area contributed by atoms with Crippen LogP contribution < -0.4 is 0 Å². The third-order valence-corrected chi connectivity index (χ3v) is 3.82. The highest BCUT2D eigenvalue weighted by atomic mass is 32.2. The minimum Gasteiger partial charge on any atom is -0.157 e. The molecule has 0 heterocycles. The van der Waals surface area contributed by atoms with Gasteiger partial charge in [-0.3, -0.25) is 0 Å². The van der Waals surface area contributed by atoms with Gasteiger partial charge in [0.1, 0.15) is 0 Å². The van der Waals surface area contributed by atoms with Crippen LogP contribution in [0.2, 0.25) is 0 Å². The summed E-state index contributed by atoms with van der Waals surface area (Å²) in [5.41, 5.74) is 1.45. The van der Waals surface area contributed by atoms with Crippen LogP contribution >= 0.6 is 11.8 Å². The average Bonchev–Trinajstić information content (AvgIpc) is 2.72. The summed E-state index contributed by atoms with van der Waals surface area (Å²) in [4.78, 5) is 0. The van der Waals surface area contributed by atoms with Crippen molar-refractivity contribution in [1.29, 1.82) is 0 Å². The second-order valence-electron chi connectivity index (χ2n) is 3.81. The van der Waals surface area contributed by atoms with Crippen LogP contribution in [-0.2, 0) is 5.75 Å². The van der Waals surface area contributed by atoms with Crippen molar-refractivity contribution in [3.8, 4) is 0 Å². The third-order valence-electron chi connectivity index (χ3n) is 2.57. The van der Waals surface area contributed by atoms with Crippen molar-refractivity contribution < 1.29 is 0 Å². The van der Waals surface area contributed by atoms with Gasteiger partial charge < -0.3 is 0 Å². The molecule has 0 saturated carbocycles. The normalized spacial score (nSPS) is 16.3. The summed E-state index contributed by atoms with van der Waals surface area (Å²) in [7, 11) is 0. The fraction of sp³-hybridized carbons (Fsp3) is 0.385. The van der Waals surface area contributed by atoms with Gasteiger partial charge in [-0.1, -0.05) is 42.5 Å². The first-order chi connectivity index (χ1) is 6.95. The Morgan fingerprint density at radius 3 is 2.50 bits per heavy atom. The van der Waals surface area contributed by atoms with E-state index in [-0.39, 0.29) is 0 Å². The molecule has 14 heavy (non-hydrogen) atoms. The minimum absolute atomic E-state index is 0.906. The minimum atomic E-state index is 0.906. The maximum absolute atomic E-state index is 2.31. The molecular weight excluding hydrogens is 188 g/mol. The molecule has 0 fully saturated rings. The Bertz CT molecular complexity index is 281. The van der Waals surface area contributed by atoms with Crippen LogP contribution in [0.25, 0.3) is 0 Å². The molecule has 1 aliphatic rings. The largest absolute Gasteiger partial charge is 0.157 e. The lowest BCUT2D eigenvalue weighted by Gasteiger charge is -2.07. The Kier molecular flexibility index (Phi) is 3.70. The van der Waals surface area contributed by atoms with Crippen LogP contribution in [0.4, 0.5) is 0 Å². The summed E-state index contributed by atoms with van der Waals surface area (Å²) in [6, 6.07) is 10.7. The Labute approximate surface area is 90.4 Å². The van der Waals surface area contributed by atoms with E-state index < -0.39 is 0 Å². The Morgan fingerprint density at radius 1 is 1.07 bits per heavy atom. The van der Waals surface area contributed by atoms with E-state index in [2.05, 4.69) is 54.2 Å². The van der Waals surface area contributed by atoms with Crippen LogP contribution in [0.1, 0.15) is 18.4 Å². The molecule has 1 aliphatic carbocycles. The van der Waals surface area contributed by atoms with Gasteiger partial charge in [-0.2, -0.15) is 11.8 Å². The van der Waals surface area contributed by atoms with Crippen molar-refractivity contribution in [3.05, 3.63) is 48.0 Å². The van der Waals surface area contributed by atoms with Gasteiger partial charge in [-0.15, -0.1) is 0 Å². The van der Waals surface area contributed by atoms with Crippen molar-refractivity contribution in [2.45, 2.75) is 18.6 Å². The van der Waals surface area contributed by atoms with Crippen molar-refractivity contribution in [2.24, 2.45) is 5.92 Å². The number of hydrogen-bond donors (Lipinski definition) is 0. The first kappa shape index (κ1) is 9.85. The van der Waals surface area contributed by atoms with Crippen LogP contribution in [0.15, 0.2) is 42.5 Å². The van der Waals surface area contributed by atoms with Gasteiger partial charge in [0.2, 0.25) is 0 Å². The quantitative estimate of drug-likeness (QED) is 0.671.